The molecule has 0 aliphatic carbocycles. The summed E-state index contributed by atoms with van der Waals surface area (Å²) >= 11 is 0. The summed E-state index contributed by atoms with van der Waals surface area (Å²) in [6, 6.07) is 3.90. The third-order valence-corrected chi connectivity index (χ3v) is 4.65. The summed E-state index contributed by atoms with van der Waals surface area (Å²) in [4.78, 5) is 9.02. The molecule has 11 heteroatoms. The minimum Gasteiger partial charge on any atom is -0.394 e. The molecule has 11 nitrogen and oxygen atoms in total. The van der Waals surface area contributed by atoms with Crippen LogP contribution in [-0.4, -0.2) is 61.2 Å². The number of aromatic nitrogens is 9. The summed E-state index contributed by atoms with van der Waals surface area (Å²) in [6.45, 7) is 5.06. The largest absolute Gasteiger partial charge is 0.394 e. The first-order valence-electron chi connectivity index (χ1n) is 10.4. The van der Waals surface area contributed by atoms with Gasteiger partial charge in [-0.1, -0.05) is 25.5 Å². The van der Waals surface area contributed by atoms with Crippen molar-refractivity contribution in [1.29, 1.82) is 0 Å². The van der Waals surface area contributed by atoms with Crippen LogP contribution in [0.15, 0.2) is 43.1 Å². The molecule has 5 rings (SSSR count). The molecule has 0 spiro atoms. The molecule has 0 saturated carbocycles. The first kappa shape index (κ1) is 21.5. The maximum absolute atomic E-state index is 9.47. The highest BCUT2D eigenvalue weighted by atomic mass is 16.3. The lowest BCUT2D eigenvalue weighted by atomic mass is 10.2. The Morgan fingerprint density at radius 3 is 2.69 bits per heavy atom. The van der Waals surface area contributed by atoms with Crippen LogP contribution >= 0.6 is 0 Å². The second-order valence-corrected chi connectivity index (χ2v) is 7.27. The van der Waals surface area contributed by atoms with Gasteiger partial charge in [0.15, 0.2) is 5.65 Å². The number of hydrogen-bond donors (Lipinski definition) is 2. The van der Waals surface area contributed by atoms with Crippen molar-refractivity contribution in [1.82, 2.24) is 44.4 Å². The lowest BCUT2D eigenvalue weighted by Crippen LogP contribution is -2.04. The molecule has 5 aromatic rings. The van der Waals surface area contributed by atoms with Gasteiger partial charge in [0.2, 0.25) is 5.65 Å². The summed E-state index contributed by atoms with van der Waals surface area (Å²) in [5.41, 5.74) is 5.05. The van der Waals surface area contributed by atoms with Crippen molar-refractivity contribution in [2.24, 2.45) is 0 Å². The molecule has 0 fully saturated rings. The molecular formula is C21H25N9O2. The molecule has 0 aliphatic rings. The summed E-state index contributed by atoms with van der Waals surface area (Å²) in [6.07, 6.45) is 9.87. The van der Waals surface area contributed by atoms with Crippen molar-refractivity contribution >= 4 is 16.8 Å². The molecule has 0 aromatic carbocycles. The topological polar surface area (TPSA) is 132 Å². The van der Waals surface area contributed by atoms with E-state index in [1.165, 1.54) is 6.42 Å². The minimum absolute atomic E-state index is 0.0159. The first-order valence-corrected chi connectivity index (χ1v) is 10.4. The van der Waals surface area contributed by atoms with Crippen LogP contribution in [0.3, 0.4) is 0 Å². The van der Waals surface area contributed by atoms with Crippen LogP contribution in [0.2, 0.25) is 0 Å². The molecule has 0 radical (unpaired) electrons. The monoisotopic (exact) mass is 435 g/mol. The smallest absolute Gasteiger partial charge is 0.221 e. The van der Waals surface area contributed by atoms with Gasteiger partial charge < -0.3 is 10.2 Å². The van der Waals surface area contributed by atoms with Crippen LogP contribution in [0.4, 0.5) is 0 Å². The molecule has 0 saturated heterocycles. The van der Waals surface area contributed by atoms with Gasteiger partial charge in [0, 0.05) is 23.5 Å². The van der Waals surface area contributed by atoms with E-state index in [0.717, 1.165) is 22.2 Å². The molecule has 0 amide bonds. The fourth-order valence-corrected chi connectivity index (χ4v) is 3.19. The molecule has 2 N–H and O–H groups in total. The number of nitrogens with zero attached hydrogens (tertiary/aromatic N) is 9. The highest BCUT2D eigenvalue weighted by molar-refractivity contribution is 5.69. The molecule has 32 heavy (non-hydrogen) atoms. The zero-order chi connectivity index (χ0) is 22.5. The number of fused-ring (bicyclic) bond motifs is 2. The molecule has 0 bridgehead atoms. The summed E-state index contributed by atoms with van der Waals surface area (Å²) in [5.74, 6) is 0. The van der Waals surface area contributed by atoms with Crippen molar-refractivity contribution in [2.75, 3.05) is 6.61 Å². The second-order valence-electron chi connectivity index (χ2n) is 7.27. The Balaban J connectivity index is 0.000000775. The zero-order valence-electron chi connectivity index (χ0n) is 18.0. The maximum atomic E-state index is 9.47. The number of hydrogen-bond acceptors (Lipinski definition) is 8. The van der Waals surface area contributed by atoms with Crippen molar-refractivity contribution in [3.8, 4) is 11.3 Å². The predicted octanol–water partition coefficient (Wildman–Crippen LogP) is 1.68. The Hall–Kier alpha value is -3.70. The van der Waals surface area contributed by atoms with Crippen LogP contribution in [-0.2, 0) is 19.7 Å². The summed E-state index contributed by atoms with van der Waals surface area (Å²) in [5, 5.41) is 35.2. The highest BCUT2D eigenvalue weighted by Gasteiger charge is 2.12. The van der Waals surface area contributed by atoms with E-state index in [-0.39, 0.29) is 13.2 Å². The molecule has 0 aliphatic heterocycles. The minimum atomic E-state index is -0.0714. The number of pyridine rings is 1. The van der Waals surface area contributed by atoms with Gasteiger partial charge in [0.1, 0.15) is 0 Å². The van der Waals surface area contributed by atoms with E-state index in [2.05, 4.69) is 44.3 Å². The van der Waals surface area contributed by atoms with Crippen LogP contribution in [0, 0.1) is 0 Å². The van der Waals surface area contributed by atoms with Gasteiger partial charge in [-0.05, 0) is 17.7 Å². The van der Waals surface area contributed by atoms with Crippen molar-refractivity contribution in [3.63, 3.8) is 0 Å². The Morgan fingerprint density at radius 1 is 1.06 bits per heavy atom. The standard InChI is InChI=1S/C18H17N9O2.C3H8/c28-4-3-25-10-13(6-20-25)15-8-19-17-18(22-15)27(24-23-17)9-12-1-2-26-16(5-12)14(11-29)7-21-26;1-3-2/h1-2,5-8,10,28-29H,3-4,9,11H2;3H2,1-2H3. The fourth-order valence-electron chi connectivity index (χ4n) is 3.19. The average molecular weight is 435 g/mol. The lowest BCUT2D eigenvalue weighted by molar-refractivity contribution is 0.269. The van der Waals surface area contributed by atoms with Crippen LogP contribution in [0.25, 0.3) is 28.1 Å². The SMILES string of the molecule is CCC.OCCn1cc(-c2cnc3nnn(Cc4ccn5ncc(CO)c5c4)c3n2)cn1. The third kappa shape index (κ3) is 4.34. The Kier molecular flexibility index (Phi) is 6.47. The highest BCUT2D eigenvalue weighted by Crippen LogP contribution is 2.19. The summed E-state index contributed by atoms with van der Waals surface area (Å²) < 4.78 is 5.05. The molecular weight excluding hydrogens is 410 g/mol. The predicted molar refractivity (Wildman–Crippen MR) is 118 cm³/mol. The molecule has 5 heterocycles. The number of rotatable bonds is 6. The van der Waals surface area contributed by atoms with Gasteiger partial charge in [0.25, 0.3) is 0 Å². The van der Waals surface area contributed by atoms with E-state index in [9.17, 15) is 5.11 Å². The average Bonchev–Trinajstić information content (AvgIpc) is 3.53. The summed E-state index contributed by atoms with van der Waals surface area (Å²) in [7, 11) is 0. The van der Waals surface area contributed by atoms with E-state index in [0.29, 0.717) is 30.1 Å². The van der Waals surface area contributed by atoms with E-state index in [4.69, 9.17) is 5.11 Å². The van der Waals surface area contributed by atoms with Crippen molar-refractivity contribution < 1.29 is 10.2 Å². The molecule has 166 valence electrons. The number of aliphatic hydroxyl groups excluding tert-OH is 2. The second kappa shape index (κ2) is 9.62. The fraction of sp³-hybridized carbons (Fsp3) is 0.333. The molecule has 0 atom stereocenters. The Labute approximate surface area is 184 Å². The quantitative estimate of drug-likeness (QED) is 0.412. The third-order valence-electron chi connectivity index (χ3n) is 4.65. The van der Waals surface area contributed by atoms with Crippen LogP contribution in [0.1, 0.15) is 31.4 Å². The molecule has 5 aromatic heterocycles. The van der Waals surface area contributed by atoms with E-state index in [1.807, 2.05) is 24.5 Å². The first-order chi connectivity index (χ1) is 15.7. The molecule has 0 unspecified atom stereocenters. The van der Waals surface area contributed by atoms with E-state index < -0.39 is 0 Å². The van der Waals surface area contributed by atoms with Gasteiger partial charge in [0.05, 0.1) is 56.1 Å². The Bertz CT molecular complexity index is 1320. The van der Waals surface area contributed by atoms with Gasteiger partial charge in [-0.2, -0.15) is 10.2 Å². The van der Waals surface area contributed by atoms with Gasteiger partial charge in [-0.15, -0.1) is 5.10 Å². The van der Waals surface area contributed by atoms with Crippen molar-refractivity contribution in [3.05, 3.63) is 54.2 Å². The van der Waals surface area contributed by atoms with E-state index in [1.54, 1.807) is 32.5 Å². The number of aliphatic hydroxyl groups is 2. The van der Waals surface area contributed by atoms with Gasteiger partial charge in [-0.25, -0.2) is 19.2 Å². The van der Waals surface area contributed by atoms with Crippen LogP contribution < -0.4 is 0 Å². The Morgan fingerprint density at radius 2 is 1.91 bits per heavy atom. The van der Waals surface area contributed by atoms with Crippen LogP contribution in [0.5, 0.6) is 0 Å². The maximum Gasteiger partial charge on any atom is 0.221 e. The van der Waals surface area contributed by atoms with Gasteiger partial charge >= 0.3 is 0 Å². The van der Waals surface area contributed by atoms with Crippen molar-refractivity contribution in [2.45, 2.75) is 40.0 Å². The lowest BCUT2D eigenvalue weighted by Gasteiger charge is -2.04. The normalized spacial score (nSPS) is 11.1. The zero-order valence-corrected chi connectivity index (χ0v) is 18.0. The van der Waals surface area contributed by atoms with Gasteiger partial charge in [-0.3, -0.25) is 4.68 Å². The van der Waals surface area contributed by atoms with E-state index >= 15 is 0 Å².